The van der Waals surface area contributed by atoms with Gasteiger partial charge in [-0.15, -0.1) is 0 Å². The van der Waals surface area contributed by atoms with E-state index in [0.29, 0.717) is 12.1 Å². The second-order valence-electron chi connectivity index (χ2n) is 7.16. The van der Waals surface area contributed by atoms with Gasteiger partial charge in [0.05, 0.1) is 5.92 Å². The summed E-state index contributed by atoms with van der Waals surface area (Å²) in [5.74, 6) is 0.704. The lowest BCUT2D eigenvalue weighted by Gasteiger charge is -2.37. The number of likely N-dealkylation sites (N-methyl/N-ethyl adjacent to an activating group) is 1. The highest BCUT2D eigenvalue weighted by atomic mass is 79.9. The Hall–Kier alpha value is -2.33. The van der Waals surface area contributed by atoms with Gasteiger partial charge in [-0.3, -0.25) is 4.90 Å². The number of nitriles is 1. The monoisotopic (exact) mass is 511 g/mol. The van der Waals surface area contributed by atoms with E-state index in [0.717, 1.165) is 43.5 Å². The number of rotatable bonds is 2. The molecule has 2 N–H and O–H groups in total. The molecule has 6 heteroatoms. The van der Waals surface area contributed by atoms with Crippen LogP contribution in [-0.4, -0.2) is 25.0 Å². The molecule has 0 amide bonds. The van der Waals surface area contributed by atoms with Crippen molar-refractivity contribution in [1.82, 2.24) is 4.90 Å². The lowest BCUT2D eigenvalue weighted by molar-refractivity contribution is 0.251. The summed E-state index contributed by atoms with van der Waals surface area (Å²) >= 11 is 7.27. The minimum atomic E-state index is -0.246. The van der Waals surface area contributed by atoms with Gasteiger partial charge in [-0.25, -0.2) is 0 Å². The molecule has 0 radical (unpaired) electrons. The molecule has 4 rings (SSSR count). The summed E-state index contributed by atoms with van der Waals surface area (Å²) in [6.45, 7) is 1.44. The molecule has 146 valence electrons. The number of halogens is 2. The van der Waals surface area contributed by atoms with Crippen LogP contribution in [0.1, 0.15) is 17.0 Å². The maximum Gasteiger partial charge on any atom is 0.205 e. The zero-order valence-corrected chi connectivity index (χ0v) is 19.0. The SMILES string of the molecule is CN1CC2=C(OC(N)=C(C#N)[C@@H]2c2ccccc2Br)/C(=C/c2ccccc2Br)C1. The molecule has 29 heavy (non-hydrogen) atoms. The van der Waals surface area contributed by atoms with E-state index < -0.39 is 0 Å². The molecule has 2 aliphatic heterocycles. The normalized spacial score (nSPS) is 21.0. The van der Waals surface area contributed by atoms with Crippen LogP contribution in [0.15, 0.2) is 85.8 Å². The highest BCUT2D eigenvalue weighted by Gasteiger charge is 2.37. The fourth-order valence-corrected chi connectivity index (χ4v) is 4.80. The first kappa shape index (κ1) is 20.0. The Labute approximate surface area is 187 Å². The van der Waals surface area contributed by atoms with Crippen molar-refractivity contribution in [2.45, 2.75) is 5.92 Å². The Morgan fingerprint density at radius 2 is 1.79 bits per heavy atom. The average molecular weight is 513 g/mol. The van der Waals surface area contributed by atoms with E-state index in [1.165, 1.54) is 0 Å². The van der Waals surface area contributed by atoms with E-state index in [9.17, 15) is 5.26 Å². The molecule has 0 spiro atoms. The van der Waals surface area contributed by atoms with Crippen molar-refractivity contribution < 1.29 is 4.74 Å². The Morgan fingerprint density at radius 3 is 2.48 bits per heavy atom. The van der Waals surface area contributed by atoms with Crippen molar-refractivity contribution in [3.05, 3.63) is 97.0 Å². The zero-order valence-electron chi connectivity index (χ0n) is 15.8. The van der Waals surface area contributed by atoms with E-state index in [1.54, 1.807) is 0 Å². The van der Waals surface area contributed by atoms with Crippen molar-refractivity contribution in [3.63, 3.8) is 0 Å². The first-order valence-corrected chi connectivity index (χ1v) is 10.8. The van der Waals surface area contributed by atoms with Crippen LogP contribution < -0.4 is 5.73 Å². The van der Waals surface area contributed by atoms with Crippen LogP contribution >= 0.6 is 31.9 Å². The van der Waals surface area contributed by atoms with E-state index in [4.69, 9.17) is 10.5 Å². The molecule has 0 aromatic heterocycles. The smallest absolute Gasteiger partial charge is 0.205 e. The van der Waals surface area contributed by atoms with E-state index >= 15 is 0 Å². The maximum atomic E-state index is 9.84. The van der Waals surface area contributed by atoms with Gasteiger partial charge in [0.25, 0.3) is 0 Å². The van der Waals surface area contributed by atoms with Gasteiger partial charge >= 0.3 is 0 Å². The van der Waals surface area contributed by atoms with Crippen molar-refractivity contribution in [1.29, 1.82) is 5.26 Å². The maximum absolute atomic E-state index is 9.84. The molecule has 0 unspecified atom stereocenters. The molecule has 0 bridgehead atoms. The second-order valence-corrected chi connectivity index (χ2v) is 8.87. The van der Waals surface area contributed by atoms with Gasteiger partial charge in [0.2, 0.25) is 5.88 Å². The zero-order chi connectivity index (χ0) is 20.5. The van der Waals surface area contributed by atoms with Gasteiger partial charge in [0, 0.05) is 27.6 Å². The van der Waals surface area contributed by atoms with Crippen LogP contribution in [0.25, 0.3) is 6.08 Å². The summed E-state index contributed by atoms with van der Waals surface area (Å²) in [6.07, 6.45) is 2.12. The number of ether oxygens (including phenoxy) is 1. The van der Waals surface area contributed by atoms with E-state index in [-0.39, 0.29) is 11.8 Å². The standard InChI is InChI=1S/C23H19Br2N3O/c1-28-12-15(10-14-6-2-4-8-19(14)24)22-18(13-28)21(17(11-26)23(27)29-22)16-7-3-5-9-20(16)25/h2-10,21H,12-13,27H2,1H3/b15-10+/t21-/m0/s1. The summed E-state index contributed by atoms with van der Waals surface area (Å²) in [5, 5.41) is 9.84. The summed E-state index contributed by atoms with van der Waals surface area (Å²) in [7, 11) is 2.07. The third-order valence-corrected chi connectivity index (χ3v) is 6.59. The van der Waals surface area contributed by atoms with Crippen LogP contribution in [0.2, 0.25) is 0 Å². The molecule has 1 atom stereocenters. The third-order valence-electron chi connectivity index (χ3n) is 5.15. The Balaban J connectivity index is 1.91. The summed E-state index contributed by atoms with van der Waals surface area (Å²) in [4.78, 5) is 2.23. The number of hydrogen-bond acceptors (Lipinski definition) is 4. The fraction of sp³-hybridized carbons (Fsp3) is 0.174. The topological polar surface area (TPSA) is 62.3 Å². The van der Waals surface area contributed by atoms with Crippen molar-refractivity contribution in [2.24, 2.45) is 5.73 Å². The molecule has 2 heterocycles. The fourth-order valence-electron chi connectivity index (χ4n) is 3.89. The first-order valence-electron chi connectivity index (χ1n) is 9.18. The number of hydrogen-bond donors (Lipinski definition) is 1. The predicted molar refractivity (Wildman–Crippen MR) is 121 cm³/mol. The Kier molecular flexibility index (Phi) is 5.64. The molecule has 4 nitrogen and oxygen atoms in total. The second kappa shape index (κ2) is 8.19. The predicted octanol–water partition coefficient (Wildman–Crippen LogP) is 5.30. The van der Waals surface area contributed by atoms with Crippen LogP contribution in [-0.2, 0) is 4.74 Å². The summed E-state index contributed by atoms with van der Waals surface area (Å²) in [6, 6.07) is 18.3. The molecule has 2 aromatic carbocycles. The highest BCUT2D eigenvalue weighted by molar-refractivity contribution is 9.10. The Morgan fingerprint density at radius 1 is 1.10 bits per heavy atom. The molecule has 0 saturated heterocycles. The minimum Gasteiger partial charge on any atom is -0.440 e. The molecular formula is C23H19Br2N3O. The number of benzene rings is 2. The van der Waals surface area contributed by atoms with E-state index in [2.05, 4.69) is 62.0 Å². The van der Waals surface area contributed by atoms with Gasteiger partial charge in [-0.05, 0) is 42.0 Å². The van der Waals surface area contributed by atoms with Gasteiger partial charge in [0.1, 0.15) is 17.4 Å². The molecule has 2 aliphatic rings. The molecular weight excluding hydrogens is 494 g/mol. The molecule has 0 fully saturated rings. The average Bonchev–Trinajstić information content (AvgIpc) is 2.70. The first-order chi connectivity index (χ1) is 14.0. The minimum absolute atomic E-state index is 0.176. The lowest BCUT2D eigenvalue weighted by Crippen LogP contribution is -2.36. The Bertz CT molecular complexity index is 1110. The van der Waals surface area contributed by atoms with Crippen LogP contribution in [0.4, 0.5) is 0 Å². The van der Waals surface area contributed by atoms with Gasteiger partial charge in [0.15, 0.2) is 0 Å². The van der Waals surface area contributed by atoms with Gasteiger partial charge in [-0.1, -0.05) is 68.3 Å². The van der Waals surface area contributed by atoms with Crippen LogP contribution in [0, 0.1) is 11.3 Å². The summed E-state index contributed by atoms with van der Waals surface area (Å²) in [5.41, 5.74) is 10.9. The van der Waals surface area contributed by atoms with Crippen molar-refractivity contribution in [3.8, 4) is 6.07 Å². The van der Waals surface area contributed by atoms with Crippen LogP contribution in [0.5, 0.6) is 0 Å². The lowest BCUT2D eigenvalue weighted by atomic mass is 9.80. The van der Waals surface area contributed by atoms with E-state index in [1.807, 2.05) is 42.5 Å². The molecule has 0 saturated carbocycles. The van der Waals surface area contributed by atoms with Gasteiger partial charge < -0.3 is 10.5 Å². The van der Waals surface area contributed by atoms with Crippen molar-refractivity contribution in [2.75, 3.05) is 20.1 Å². The quantitative estimate of drug-likeness (QED) is 0.592. The number of nitrogens with two attached hydrogens (primary N) is 1. The van der Waals surface area contributed by atoms with Crippen molar-refractivity contribution >= 4 is 37.9 Å². The van der Waals surface area contributed by atoms with Crippen LogP contribution in [0.3, 0.4) is 0 Å². The number of allylic oxidation sites excluding steroid dienone is 1. The molecule has 0 aliphatic carbocycles. The third kappa shape index (κ3) is 3.78. The molecule has 2 aromatic rings. The van der Waals surface area contributed by atoms with Gasteiger partial charge in [-0.2, -0.15) is 5.26 Å². The largest absolute Gasteiger partial charge is 0.440 e. The number of nitrogens with zero attached hydrogens (tertiary/aromatic N) is 2. The summed E-state index contributed by atoms with van der Waals surface area (Å²) < 4.78 is 8.01. The highest BCUT2D eigenvalue weighted by Crippen LogP contribution is 2.45.